The minimum Gasteiger partial charge on any atom is -0.463 e. The lowest BCUT2D eigenvalue weighted by Crippen LogP contribution is -2.40. The highest BCUT2D eigenvalue weighted by Gasteiger charge is 2.34. The maximum absolute atomic E-state index is 13.7. The standard InChI is InChI=1S/C28H29N3O5S/c1-5-7-22-24(27(33)36-6-2)25(20-12-10-19(11-13-20)17(3)4)30-26(32)23(37-28(30)29-22)16-18-8-14-21(15-9-18)31(34)35/h8-17,25H,5-7H2,1-4H3/b23-16-/t25-/m1/s1. The molecule has 37 heavy (non-hydrogen) atoms. The molecule has 0 amide bonds. The summed E-state index contributed by atoms with van der Waals surface area (Å²) in [6.45, 7) is 8.20. The number of rotatable bonds is 8. The molecule has 0 saturated heterocycles. The fourth-order valence-electron chi connectivity index (χ4n) is 4.34. The summed E-state index contributed by atoms with van der Waals surface area (Å²) in [5, 5.41) is 11.0. The van der Waals surface area contributed by atoms with E-state index in [1.54, 1.807) is 29.7 Å². The molecule has 0 bridgehead atoms. The van der Waals surface area contributed by atoms with E-state index in [0.29, 0.717) is 38.5 Å². The van der Waals surface area contributed by atoms with Crippen LogP contribution in [-0.2, 0) is 9.53 Å². The zero-order chi connectivity index (χ0) is 26.7. The fourth-order valence-corrected chi connectivity index (χ4v) is 5.36. The lowest BCUT2D eigenvalue weighted by atomic mass is 9.92. The lowest BCUT2D eigenvalue weighted by molar-refractivity contribution is -0.384. The molecule has 0 fully saturated rings. The smallest absolute Gasteiger partial charge is 0.338 e. The lowest BCUT2D eigenvalue weighted by Gasteiger charge is -2.26. The first-order valence-corrected chi connectivity index (χ1v) is 13.1. The number of thiazole rings is 1. The largest absolute Gasteiger partial charge is 0.463 e. The van der Waals surface area contributed by atoms with Crippen molar-refractivity contribution in [3.8, 4) is 0 Å². The predicted molar refractivity (Wildman–Crippen MR) is 143 cm³/mol. The summed E-state index contributed by atoms with van der Waals surface area (Å²) in [4.78, 5) is 42.8. The highest BCUT2D eigenvalue weighted by Crippen LogP contribution is 2.33. The van der Waals surface area contributed by atoms with Crippen molar-refractivity contribution < 1.29 is 14.5 Å². The van der Waals surface area contributed by atoms with Gasteiger partial charge in [-0.25, -0.2) is 9.79 Å². The van der Waals surface area contributed by atoms with Crippen LogP contribution in [0.4, 0.5) is 5.69 Å². The second-order valence-electron chi connectivity index (χ2n) is 9.08. The summed E-state index contributed by atoms with van der Waals surface area (Å²) < 4.78 is 7.42. The van der Waals surface area contributed by atoms with Gasteiger partial charge >= 0.3 is 5.97 Å². The quantitative estimate of drug-likeness (QED) is 0.246. The van der Waals surface area contributed by atoms with Gasteiger partial charge in [-0.3, -0.25) is 19.5 Å². The van der Waals surface area contributed by atoms with Crippen LogP contribution in [0.5, 0.6) is 0 Å². The second kappa shape index (κ2) is 11.0. The number of hydrogen-bond acceptors (Lipinski definition) is 7. The monoisotopic (exact) mass is 519 g/mol. The molecular formula is C28H29N3O5S. The molecule has 0 spiro atoms. The van der Waals surface area contributed by atoms with Gasteiger partial charge in [-0.05, 0) is 54.2 Å². The first kappa shape index (κ1) is 26.2. The van der Waals surface area contributed by atoms with Crippen LogP contribution in [0.3, 0.4) is 0 Å². The molecular weight excluding hydrogens is 490 g/mol. The third-order valence-electron chi connectivity index (χ3n) is 6.21. The molecule has 2 aromatic carbocycles. The molecule has 0 unspecified atom stereocenters. The van der Waals surface area contributed by atoms with Crippen LogP contribution in [0, 0.1) is 10.1 Å². The molecule has 2 heterocycles. The highest BCUT2D eigenvalue weighted by molar-refractivity contribution is 7.07. The molecule has 0 aliphatic carbocycles. The van der Waals surface area contributed by atoms with Gasteiger partial charge in [0.05, 0.1) is 33.4 Å². The summed E-state index contributed by atoms with van der Waals surface area (Å²) in [5.74, 6) is -0.134. The van der Waals surface area contributed by atoms with E-state index in [1.165, 1.54) is 23.5 Å². The number of benzene rings is 2. The summed E-state index contributed by atoms with van der Waals surface area (Å²) in [6.07, 6.45) is 3.04. The van der Waals surface area contributed by atoms with Crippen LogP contribution in [0.25, 0.3) is 6.08 Å². The van der Waals surface area contributed by atoms with Crippen molar-refractivity contribution in [2.75, 3.05) is 6.61 Å². The highest BCUT2D eigenvalue weighted by atomic mass is 32.1. The second-order valence-corrected chi connectivity index (χ2v) is 10.1. The Morgan fingerprint density at radius 2 is 1.84 bits per heavy atom. The van der Waals surface area contributed by atoms with E-state index in [4.69, 9.17) is 9.73 Å². The summed E-state index contributed by atoms with van der Waals surface area (Å²) in [6, 6.07) is 13.3. The predicted octanol–water partition coefficient (Wildman–Crippen LogP) is 4.61. The molecule has 192 valence electrons. The van der Waals surface area contributed by atoms with Gasteiger partial charge < -0.3 is 4.74 Å². The number of nitro groups is 1. The number of fused-ring (bicyclic) bond motifs is 1. The Hall–Kier alpha value is -3.85. The molecule has 1 aliphatic heterocycles. The number of carbonyl (C=O) groups is 1. The summed E-state index contributed by atoms with van der Waals surface area (Å²) in [5.41, 5.74) is 3.33. The van der Waals surface area contributed by atoms with E-state index in [0.717, 1.165) is 17.5 Å². The van der Waals surface area contributed by atoms with Crippen LogP contribution in [0.15, 0.2) is 69.6 Å². The van der Waals surface area contributed by atoms with Gasteiger partial charge in [-0.1, -0.05) is 62.8 Å². The maximum atomic E-state index is 13.7. The number of aromatic nitrogens is 1. The molecule has 0 radical (unpaired) electrons. The Balaban J connectivity index is 1.94. The van der Waals surface area contributed by atoms with Crippen LogP contribution >= 0.6 is 11.3 Å². The van der Waals surface area contributed by atoms with Gasteiger partial charge in [0.25, 0.3) is 11.2 Å². The van der Waals surface area contributed by atoms with E-state index in [2.05, 4.69) is 13.8 Å². The number of carbonyl (C=O) groups excluding carboxylic acids is 1. The third-order valence-corrected chi connectivity index (χ3v) is 7.20. The number of allylic oxidation sites excluding steroid dienone is 1. The number of ether oxygens (including phenoxy) is 1. The molecule has 1 atom stereocenters. The third kappa shape index (κ3) is 5.32. The number of esters is 1. The van der Waals surface area contributed by atoms with Crippen LogP contribution in [0.1, 0.15) is 69.2 Å². The van der Waals surface area contributed by atoms with Crippen LogP contribution in [-0.4, -0.2) is 22.1 Å². The van der Waals surface area contributed by atoms with Crippen molar-refractivity contribution in [2.45, 2.75) is 52.5 Å². The molecule has 9 heteroatoms. The Morgan fingerprint density at radius 3 is 2.41 bits per heavy atom. The molecule has 1 aliphatic rings. The molecule has 4 rings (SSSR count). The van der Waals surface area contributed by atoms with Gasteiger partial charge in [-0.2, -0.15) is 0 Å². The van der Waals surface area contributed by atoms with Gasteiger partial charge in [0.15, 0.2) is 4.80 Å². The molecule has 1 aromatic heterocycles. The van der Waals surface area contributed by atoms with Crippen molar-refractivity contribution in [1.29, 1.82) is 0 Å². The number of nitrogens with zero attached hydrogens (tertiary/aromatic N) is 3. The van der Waals surface area contributed by atoms with Gasteiger partial charge in [0.1, 0.15) is 0 Å². The summed E-state index contributed by atoms with van der Waals surface area (Å²) >= 11 is 1.24. The fraction of sp³-hybridized carbons (Fsp3) is 0.321. The first-order valence-electron chi connectivity index (χ1n) is 12.3. The van der Waals surface area contributed by atoms with E-state index in [9.17, 15) is 19.7 Å². The van der Waals surface area contributed by atoms with E-state index in [1.807, 2.05) is 31.2 Å². The van der Waals surface area contributed by atoms with Gasteiger partial charge in [0, 0.05) is 12.1 Å². The molecule has 8 nitrogen and oxygen atoms in total. The SMILES string of the molecule is CCCC1=C(C(=O)OCC)[C@@H](c2ccc(C(C)C)cc2)n2c(s/c(=C\c3ccc([N+](=O)[O-])cc3)c2=O)=N1. The van der Waals surface area contributed by atoms with Crippen LogP contribution < -0.4 is 14.9 Å². The molecule has 3 aromatic rings. The summed E-state index contributed by atoms with van der Waals surface area (Å²) in [7, 11) is 0. The van der Waals surface area contributed by atoms with Crippen molar-refractivity contribution in [2.24, 2.45) is 4.99 Å². The first-order chi connectivity index (χ1) is 17.7. The average Bonchev–Trinajstić information content (AvgIpc) is 3.18. The topological polar surface area (TPSA) is 104 Å². The normalized spacial score (nSPS) is 15.5. The molecule has 0 N–H and O–H groups in total. The van der Waals surface area contributed by atoms with E-state index in [-0.39, 0.29) is 17.9 Å². The Labute approximate surface area is 218 Å². The number of hydrogen-bond donors (Lipinski definition) is 0. The van der Waals surface area contributed by atoms with Crippen molar-refractivity contribution in [1.82, 2.24) is 4.57 Å². The number of nitro benzene ring substituents is 1. The number of non-ortho nitro benzene ring substituents is 1. The van der Waals surface area contributed by atoms with E-state index >= 15 is 0 Å². The minimum atomic E-state index is -0.669. The van der Waals surface area contributed by atoms with Crippen LogP contribution in [0.2, 0.25) is 0 Å². The maximum Gasteiger partial charge on any atom is 0.338 e. The van der Waals surface area contributed by atoms with Gasteiger partial charge in [0.2, 0.25) is 0 Å². The minimum absolute atomic E-state index is 0.0215. The molecule has 0 saturated carbocycles. The van der Waals surface area contributed by atoms with Crippen molar-refractivity contribution in [3.05, 3.63) is 106 Å². The Kier molecular flexibility index (Phi) is 7.83. The average molecular weight is 520 g/mol. The zero-order valence-corrected chi connectivity index (χ0v) is 22.1. The Bertz CT molecular complexity index is 1530. The van der Waals surface area contributed by atoms with Crippen molar-refractivity contribution in [3.63, 3.8) is 0 Å². The van der Waals surface area contributed by atoms with Gasteiger partial charge in [-0.15, -0.1) is 0 Å². The van der Waals surface area contributed by atoms with E-state index < -0.39 is 16.9 Å². The zero-order valence-electron chi connectivity index (χ0n) is 21.3. The van der Waals surface area contributed by atoms with Crippen molar-refractivity contribution >= 4 is 29.1 Å². The Morgan fingerprint density at radius 1 is 1.16 bits per heavy atom.